The molecular formula is C28H32N6O4S. The molecule has 0 atom stereocenters. The summed E-state index contributed by atoms with van der Waals surface area (Å²) in [5, 5.41) is 12.8. The number of aromatic nitrogens is 4. The average Bonchev–Trinajstić information content (AvgIpc) is 3.67. The average molecular weight is 549 g/mol. The lowest BCUT2D eigenvalue weighted by Crippen LogP contribution is -2.27. The van der Waals surface area contributed by atoms with Crippen LogP contribution in [-0.4, -0.2) is 71.5 Å². The normalized spacial score (nSPS) is 15.9. The van der Waals surface area contributed by atoms with Gasteiger partial charge in [-0.15, -0.1) is 21.5 Å². The number of aryl methyl sites for hydroxylation is 2. The number of thiophene rings is 1. The van der Waals surface area contributed by atoms with Gasteiger partial charge in [0.15, 0.2) is 0 Å². The summed E-state index contributed by atoms with van der Waals surface area (Å²) in [7, 11) is 3.51. The van der Waals surface area contributed by atoms with Crippen molar-refractivity contribution in [3.05, 3.63) is 41.2 Å². The SMILES string of the molecule is CNc1nccc2cc(-c3c4c(nc(CCC5CCOCC5)c3-c3nnc(C)o3)CN(CCOC)C4=O)sc12. The molecule has 204 valence electrons. The first-order valence-corrected chi connectivity index (χ1v) is 14.2. The van der Waals surface area contributed by atoms with Crippen molar-refractivity contribution in [3.8, 4) is 21.9 Å². The number of carbonyl (C=O) groups is 1. The second-order valence-electron chi connectivity index (χ2n) is 10.0. The highest BCUT2D eigenvalue weighted by atomic mass is 32.1. The molecule has 6 heterocycles. The molecule has 2 aliphatic rings. The number of anilines is 1. The Morgan fingerprint density at radius 2 is 2.05 bits per heavy atom. The lowest BCUT2D eigenvalue weighted by molar-refractivity contribution is 0.0639. The summed E-state index contributed by atoms with van der Waals surface area (Å²) in [6.07, 6.45) is 5.62. The Balaban J connectivity index is 1.55. The van der Waals surface area contributed by atoms with Gasteiger partial charge in [-0.05, 0) is 49.1 Å². The monoisotopic (exact) mass is 548 g/mol. The van der Waals surface area contributed by atoms with E-state index in [1.165, 1.54) is 0 Å². The lowest BCUT2D eigenvalue weighted by Gasteiger charge is -2.22. The van der Waals surface area contributed by atoms with Gasteiger partial charge >= 0.3 is 0 Å². The topological polar surface area (TPSA) is 116 Å². The minimum absolute atomic E-state index is 0.0533. The fourth-order valence-electron chi connectivity index (χ4n) is 5.52. The van der Waals surface area contributed by atoms with Crippen LogP contribution in [0.3, 0.4) is 0 Å². The predicted molar refractivity (Wildman–Crippen MR) is 149 cm³/mol. The number of pyridine rings is 2. The Bertz CT molecular complexity index is 1510. The van der Waals surface area contributed by atoms with E-state index in [1.54, 1.807) is 31.6 Å². The molecule has 0 radical (unpaired) electrons. The van der Waals surface area contributed by atoms with Crippen molar-refractivity contribution in [2.45, 2.75) is 39.2 Å². The Morgan fingerprint density at radius 3 is 2.79 bits per heavy atom. The number of fused-ring (bicyclic) bond motifs is 2. The van der Waals surface area contributed by atoms with Crippen LogP contribution in [0, 0.1) is 12.8 Å². The first-order valence-electron chi connectivity index (χ1n) is 13.4. The quantitative estimate of drug-likeness (QED) is 0.317. The smallest absolute Gasteiger partial charge is 0.256 e. The van der Waals surface area contributed by atoms with Gasteiger partial charge in [-0.2, -0.15) is 0 Å². The van der Waals surface area contributed by atoms with Crippen LogP contribution in [0.5, 0.6) is 0 Å². The molecule has 1 saturated heterocycles. The van der Waals surface area contributed by atoms with E-state index in [1.807, 2.05) is 18.0 Å². The number of hydrogen-bond donors (Lipinski definition) is 1. The molecular weight excluding hydrogens is 516 g/mol. The summed E-state index contributed by atoms with van der Waals surface area (Å²) in [5.41, 5.74) is 3.87. The molecule has 0 aliphatic carbocycles. The number of carbonyl (C=O) groups excluding carboxylic acids is 1. The Kier molecular flexibility index (Phi) is 7.28. The third-order valence-corrected chi connectivity index (χ3v) is 8.72. The van der Waals surface area contributed by atoms with Crippen LogP contribution in [0.15, 0.2) is 22.7 Å². The van der Waals surface area contributed by atoms with Gasteiger partial charge in [0.05, 0.1) is 40.4 Å². The third kappa shape index (κ3) is 4.90. The van der Waals surface area contributed by atoms with E-state index in [0.717, 1.165) is 82.2 Å². The van der Waals surface area contributed by atoms with Gasteiger partial charge in [-0.25, -0.2) is 4.98 Å². The maximum absolute atomic E-state index is 13.9. The Morgan fingerprint density at radius 1 is 1.21 bits per heavy atom. The minimum Gasteiger partial charge on any atom is -0.421 e. The number of rotatable bonds is 9. The maximum Gasteiger partial charge on any atom is 0.256 e. The first-order chi connectivity index (χ1) is 19.1. The molecule has 10 nitrogen and oxygen atoms in total. The standard InChI is InChI=1S/C28H32N6O4S/c1-16-32-33-27(38-16)22-19(5-4-17-7-11-37-12-8-17)31-20-15-34(10-13-36-3)28(35)23(20)24(22)21-14-18-6-9-30-26(29-2)25(18)39-21/h6,9,14,17H,4-5,7-8,10-13,15H2,1-3H3,(H,29,30). The first kappa shape index (κ1) is 25.8. The Hall–Kier alpha value is -3.41. The van der Waals surface area contributed by atoms with E-state index in [0.29, 0.717) is 43.0 Å². The molecule has 39 heavy (non-hydrogen) atoms. The van der Waals surface area contributed by atoms with E-state index < -0.39 is 0 Å². The molecule has 11 heteroatoms. The molecule has 4 aromatic heterocycles. The molecule has 0 aromatic carbocycles. The van der Waals surface area contributed by atoms with Crippen molar-refractivity contribution in [2.75, 3.05) is 45.8 Å². The summed E-state index contributed by atoms with van der Waals surface area (Å²) >= 11 is 1.60. The highest BCUT2D eigenvalue weighted by molar-refractivity contribution is 7.22. The zero-order valence-electron chi connectivity index (χ0n) is 22.5. The van der Waals surface area contributed by atoms with E-state index in [-0.39, 0.29) is 5.91 Å². The molecule has 0 bridgehead atoms. The zero-order chi connectivity index (χ0) is 26.9. The van der Waals surface area contributed by atoms with Crippen LogP contribution < -0.4 is 5.32 Å². The second kappa shape index (κ2) is 11.0. The van der Waals surface area contributed by atoms with Gasteiger partial charge in [0, 0.05) is 57.5 Å². The van der Waals surface area contributed by atoms with Gasteiger partial charge < -0.3 is 24.1 Å². The molecule has 1 fully saturated rings. The predicted octanol–water partition coefficient (Wildman–Crippen LogP) is 4.72. The number of nitrogens with one attached hydrogen (secondary N) is 1. The summed E-state index contributed by atoms with van der Waals surface area (Å²) in [6, 6.07) is 4.12. The van der Waals surface area contributed by atoms with Gasteiger partial charge in [0.2, 0.25) is 11.8 Å². The van der Waals surface area contributed by atoms with Crippen molar-refractivity contribution in [3.63, 3.8) is 0 Å². The highest BCUT2D eigenvalue weighted by Gasteiger charge is 2.36. The van der Waals surface area contributed by atoms with E-state index in [4.69, 9.17) is 18.9 Å². The van der Waals surface area contributed by atoms with E-state index in [9.17, 15) is 4.79 Å². The van der Waals surface area contributed by atoms with Crippen molar-refractivity contribution in [1.82, 2.24) is 25.1 Å². The number of methoxy groups -OCH3 is 1. The van der Waals surface area contributed by atoms with Crippen LogP contribution in [0.25, 0.3) is 32.0 Å². The third-order valence-electron chi connectivity index (χ3n) is 7.54. The van der Waals surface area contributed by atoms with Gasteiger partial charge in [0.25, 0.3) is 5.91 Å². The maximum atomic E-state index is 13.9. The van der Waals surface area contributed by atoms with Crippen LogP contribution in [-0.2, 0) is 22.4 Å². The number of ether oxygens (including phenoxy) is 2. The molecule has 0 saturated carbocycles. The minimum atomic E-state index is -0.0533. The largest absolute Gasteiger partial charge is 0.421 e. The summed E-state index contributed by atoms with van der Waals surface area (Å²) in [5.74, 6) is 2.19. The van der Waals surface area contributed by atoms with E-state index in [2.05, 4.69) is 26.6 Å². The number of hydrogen-bond acceptors (Lipinski definition) is 10. The van der Waals surface area contributed by atoms with Crippen LogP contribution in [0.4, 0.5) is 5.82 Å². The molecule has 0 unspecified atom stereocenters. The Labute approximate surface area is 230 Å². The van der Waals surface area contributed by atoms with Crippen molar-refractivity contribution in [1.29, 1.82) is 0 Å². The lowest BCUT2D eigenvalue weighted by atomic mass is 9.90. The molecule has 6 rings (SSSR count). The fourth-order valence-corrected chi connectivity index (χ4v) is 6.73. The number of amides is 1. The highest BCUT2D eigenvalue weighted by Crippen LogP contribution is 2.46. The molecule has 1 amide bonds. The van der Waals surface area contributed by atoms with Crippen molar-refractivity contribution in [2.24, 2.45) is 5.92 Å². The van der Waals surface area contributed by atoms with Crippen molar-refractivity contribution < 1.29 is 18.7 Å². The van der Waals surface area contributed by atoms with E-state index >= 15 is 0 Å². The summed E-state index contributed by atoms with van der Waals surface area (Å²) < 4.78 is 17.9. The molecule has 4 aromatic rings. The summed E-state index contributed by atoms with van der Waals surface area (Å²) in [6.45, 7) is 4.79. The van der Waals surface area contributed by atoms with Crippen molar-refractivity contribution >= 4 is 33.1 Å². The summed E-state index contributed by atoms with van der Waals surface area (Å²) in [4.78, 5) is 26.2. The fraction of sp³-hybridized carbons (Fsp3) is 0.464. The van der Waals surface area contributed by atoms with Gasteiger partial charge in [-0.3, -0.25) is 9.78 Å². The van der Waals surface area contributed by atoms with Crippen LogP contribution in [0.2, 0.25) is 0 Å². The molecule has 0 spiro atoms. The number of nitrogens with zero attached hydrogens (tertiary/aromatic N) is 5. The zero-order valence-corrected chi connectivity index (χ0v) is 23.3. The van der Waals surface area contributed by atoms with Gasteiger partial charge in [-0.1, -0.05) is 0 Å². The molecule has 1 N–H and O–H groups in total. The van der Waals surface area contributed by atoms with Crippen LogP contribution >= 0.6 is 11.3 Å². The second-order valence-corrected chi connectivity index (χ2v) is 11.1. The van der Waals surface area contributed by atoms with Gasteiger partial charge in [0.1, 0.15) is 5.82 Å². The van der Waals surface area contributed by atoms with Crippen LogP contribution in [0.1, 0.15) is 46.9 Å². The molecule has 2 aliphatic heterocycles.